The van der Waals surface area contributed by atoms with Crippen LogP contribution in [-0.4, -0.2) is 33.4 Å². The van der Waals surface area contributed by atoms with Crippen molar-refractivity contribution in [2.75, 3.05) is 6.61 Å². The van der Waals surface area contributed by atoms with E-state index in [2.05, 4.69) is 0 Å². The molecular formula is C25H23NO6. The molecule has 1 unspecified atom stereocenters. The number of carbonyl (C=O) groups excluding carboxylic acids is 2. The number of aliphatic hydroxyl groups excluding tert-OH is 1. The second-order valence-corrected chi connectivity index (χ2v) is 7.48. The highest BCUT2D eigenvalue weighted by Crippen LogP contribution is 2.41. The molecule has 1 fully saturated rings. The number of rotatable bonds is 7. The van der Waals surface area contributed by atoms with E-state index in [0.717, 1.165) is 6.42 Å². The monoisotopic (exact) mass is 433 g/mol. The molecule has 1 aliphatic heterocycles. The van der Waals surface area contributed by atoms with Crippen LogP contribution in [0.4, 0.5) is 0 Å². The Labute approximate surface area is 185 Å². The Morgan fingerprint density at radius 3 is 2.62 bits per heavy atom. The number of amides is 1. The van der Waals surface area contributed by atoms with Crippen LogP contribution in [0.25, 0.3) is 5.76 Å². The SMILES string of the molecule is CCCOc1cccc(/C(O)=C2\C(=O)C(=O)N(Cc3ccco3)C2c2cccc(O)c2)c1. The molecule has 1 atom stereocenters. The number of benzene rings is 2. The Morgan fingerprint density at radius 1 is 1.09 bits per heavy atom. The summed E-state index contributed by atoms with van der Waals surface area (Å²) < 4.78 is 11.0. The number of Topliss-reactive ketones (excluding diaryl/α,β-unsaturated/α-hetero) is 1. The molecule has 1 aliphatic rings. The molecule has 0 spiro atoms. The number of phenolic OH excluding ortho intramolecular Hbond substituents is 1. The fourth-order valence-electron chi connectivity index (χ4n) is 3.76. The van der Waals surface area contributed by atoms with Crippen LogP contribution in [-0.2, 0) is 16.1 Å². The summed E-state index contributed by atoms with van der Waals surface area (Å²) in [5.41, 5.74) is 0.801. The highest BCUT2D eigenvalue weighted by molar-refractivity contribution is 6.46. The van der Waals surface area contributed by atoms with E-state index >= 15 is 0 Å². The third-order valence-corrected chi connectivity index (χ3v) is 5.21. The summed E-state index contributed by atoms with van der Waals surface area (Å²) in [6.07, 6.45) is 2.31. The van der Waals surface area contributed by atoms with Crippen LogP contribution in [0, 0.1) is 0 Å². The van der Waals surface area contributed by atoms with Gasteiger partial charge in [0.2, 0.25) is 0 Å². The number of furan rings is 1. The van der Waals surface area contributed by atoms with Crippen molar-refractivity contribution in [2.24, 2.45) is 0 Å². The molecule has 1 aromatic heterocycles. The van der Waals surface area contributed by atoms with E-state index in [-0.39, 0.29) is 23.6 Å². The van der Waals surface area contributed by atoms with Gasteiger partial charge in [-0.2, -0.15) is 0 Å². The van der Waals surface area contributed by atoms with E-state index in [0.29, 0.717) is 29.2 Å². The zero-order valence-corrected chi connectivity index (χ0v) is 17.5. The molecule has 2 heterocycles. The molecular weight excluding hydrogens is 410 g/mol. The van der Waals surface area contributed by atoms with Gasteiger partial charge < -0.3 is 24.3 Å². The molecule has 7 heteroatoms. The first-order valence-electron chi connectivity index (χ1n) is 10.3. The predicted octanol–water partition coefficient (Wildman–Crippen LogP) is 4.40. The third-order valence-electron chi connectivity index (χ3n) is 5.21. The van der Waals surface area contributed by atoms with Gasteiger partial charge in [0.05, 0.1) is 31.0 Å². The molecule has 3 aromatic rings. The number of hydrogen-bond donors (Lipinski definition) is 2. The molecule has 0 saturated carbocycles. The summed E-state index contributed by atoms with van der Waals surface area (Å²) >= 11 is 0. The lowest BCUT2D eigenvalue weighted by atomic mass is 9.95. The number of ketones is 1. The minimum absolute atomic E-state index is 0.0129. The van der Waals surface area contributed by atoms with Crippen LogP contribution >= 0.6 is 0 Å². The second kappa shape index (κ2) is 9.01. The summed E-state index contributed by atoms with van der Waals surface area (Å²) in [6, 6.07) is 15.5. The second-order valence-electron chi connectivity index (χ2n) is 7.48. The zero-order chi connectivity index (χ0) is 22.7. The lowest BCUT2D eigenvalue weighted by Crippen LogP contribution is -2.29. The Bertz CT molecular complexity index is 1160. The number of phenols is 1. The first-order valence-corrected chi connectivity index (χ1v) is 10.3. The van der Waals surface area contributed by atoms with Crippen LogP contribution in [0.3, 0.4) is 0 Å². The number of ether oxygens (including phenoxy) is 1. The average molecular weight is 433 g/mol. The van der Waals surface area contributed by atoms with Crippen molar-refractivity contribution in [2.45, 2.75) is 25.9 Å². The van der Waals surface area contributed by atoms with Crippen molar-refractivity contribution in [3.8, 4) is 11.5 Å². The first-order chi connectivity index (χ1) is 15.5. The van der Waals surface area contributed by atoms with Crippen molar-refractivity contribution >= 4 is 17.4 Å². The van der Waals surface area contributed by atoms with E-state index in [1.54, 1.807) is 48.5 Å². The van der Waals surface area contributed by atoms with Gasteiger partial charge in [-0.1, -0.05) is 31.2 Å². The molecule has 32 heavy (non-hydrogen) atoms. The number of aromatic hydroxyl groups is 1. The Hall–Kier alpha value is -4.00. The maximum Gasteiger partial charge on any atom is 0.296 e. The maximum atomic E-state index is 13.1. The van der Waals surface area contributed by atoms with Crippen LogP contribution in [0.2, 0.25) is 0 Å². The predicted molar refractivity (Wildman–Crippen MR) is 117 cm³/mol. The summed E-state index contributed by atoms with van der Waals surface area (Å²) in [5, 5.41) is 21.1. The van der Waals surface area contributed by atoms with Crippen LogP contribution in [0.15, 0.2) is 76.9 Å². The molecule has 164 valence electrons. The van der Waals surface area contributed by atoms with E-state index in [4.69, 9.17) is 9.15 Å². The van der Waals surface area contributed by atoms with Gasteiger partial charge in [0.15, 0.2) is 0 Å². The van der Waals surface area contributed by atoms with Gasteiger partial charge in [-0.05, 0) is 48.4 Å². The van der Waals surface area contributed by atoms with Crippen LogP contribution < -0.4 is 4.74 Å². The standard InChI is InChI=1S/C25H23NO6/c1-2-11-31-19-9-4-7-17(14-19)23(28)21-22(16-6-3-8-18(27)13-16)26(25(30)24(21)29)15-20-10-5-12-32-20/h3-10,12-14,22,27-28H,2,11,15H2,1H3/b23-21+. The molecule has 2 N–H and O–H groups in total. The molecule has 4 rings (SSSR count). The number of nitrogens with zero attached hydrogens (tertiary/aromatic N) is 1. The number of hydrogen-bond acceptors (Lipinski definition) is 6. The fraction of sp³-hybridized carbons (Fsp3) is 0.200. The molecule has 0 aliphatic carbocycles. The lowest BCUT2D eigenvalue weighted by Gasteiger charge is -2.24. The Morgan fingerprint density at radius 2 is 1.91 bits per heavy atom. The van der Waals surface area contributed by atoms with E-state index < -0.39 is 17.7 Å². The van der Waals surface area contributed by atoms with E-state index in [9.17, 15) is 19.8 Å². The zero-order valence-electron chi connectivity index (χ0n) is 17.5. The average Bonchev–Trinajstić information content (AvgIpc) is 3.40. The van der Waals surface area contributed by atoms with E-state index in [1.807, 2.05) is 6.92 Å². The number of likely N-dealkylation sites (tertiary alicyclic amines) is 1. The number of carbonyl (C=O) groups is 2. The summed E-state index contributed by atoms with van der Waals surface area (Å²) in [6.45, 7) is 2.54. The number of aliphatic hydroxyl groups is 1. The van der Waals surface area contributed by atoms with Gasteiger partial charge >= 0.3 is 0 Å². The molecule has 1 amide bonds. The Kier molecular flexibility index (Phi) is 5.98. The van der Waals surface area contributed by atoms with Crippen molar-refractivity contribution in [3.05, 3.63) is 89.4 Å². The fourth-order valence-corrected chi connectivity index (χ4v) is 3.76. The van der Waals surface area contributed by atoms with Crippen LogP contribution in [0.1, 0.15) is 36.3 Å². The van der Waals surface area contributed by atoms with Gasteiger partial charge in [0, 0.05) is 5.56 Å². The lowest BCUT2D eigenvalue weighted by molar-refractivity contribution is -0.140. The van der Waals surface area contributed by atoms with Gasteiger partial charge in [-0.15, -0.1) is 0 Å². The minimum atomic E-state index is -0.896. The van der Waals surface area contributed by atoms with Crippen LogP contribution in [0.5, 0.6) is 11.5 Å². The molecule has 0 radical (unpaired) electrons. The largest absolute Gasteiger partial charge is 0.508 e. The quantitative estimate of drug-likeness (QED) is 0.326. The maximum absolute atomic E-state index is 13.1. The van der Waals surface area contributed by atoms with Crippen molar-refractivity contribution in [3.63, 3.8) is 0 Å². The smallest absolute Gasteiger partial charge is 0.296 e. The third kappa shape index (κ3) is 4.09. The minimum Gasteiger partial charge on any atom is -0.508 e. The van der Waals surface area contributed by atoms with E-state index in [1.165, 1.54) is 23.3 Å². The van der Waals surface area contributed by atoms with Crippen molar-refractivity contribution < 1.29 is 29.0 Å². The summed E-state index contributed by atoms with van der Waals surface area (Å²) in [5.74, 6) is -0.833. The van der Waals surface area contributed by atoms with Gasteiger partial charge in [-0.25, -0.2) is 0 Å². The Balaban J connectivity index is 1.82. The summed E-state index contributed by atoms with van der Waals surface area (Å²) in [4.78, 5) is 27.3. The van der Waals surface area contributed by atoms with Gasteiger partial charge in [-0.3, -0.25) is 9.59 Å². The highest BCUT2D eigenvalue weighted by atomic mass is 16.5. The van der Waals surface area contributed by atoms with Gasteiger partial charge in [0.1, 0.15) is 23.0 Å². The van der Waals surface area contributed by atoms with Crippen molar-refractivity contribution in [1.82, 2.24) is 4.90 Å². The molecule has 7 nitrogen and oxygen atoms in total. The molecule has 0 bridgehead atoms. The molecule has 1 saturated heterocycles. The molecule has 2 aromatic carbocycles. The van der Waals surface area contributed by atoms with Crippen molar-refractivity contribution in [1.29, 1.82) is 0 Å². The normalized spacial score (nSPS) is 17.7. The topological polar surface area (TPSA) is 100 Å². The van der Waals surface area contributed by atoms with Gasteiger partial charge in [0.25, 0.3) is 11.7 Å². The highest BCUT2D eigenvalue weighted by Gasteiger charge is 2.46. The first kappa shape index (κ1) is 21.2. The summed E-state index contributed by atoms with van der Waals surface area (Å²) in [7, 11) is 0.